The lowest BCUT2D eigenvalue weighted by Gasteiger charge is -2.00. The normalized spacial score (nSPS) is 10.9. The predicted octanol–water partition coefficient (Wildman–Crippen LogP) is 3.76. The van der Waals surface area contributed by atoms with Gasteiger partial charge in [-0.25, -0.2) is 4.52 Å². The first kappa shape index (κ1) is 14.8. The molecule has 0 bridgehead atoms. The van der Waals surface area contributed by atoms with Crippen LogP contribution in [0.15, 0.2) is 54.2 Å². The maximum atomic E-state index is 12.2. The van der Waals surface area contributed by atoms with E-state index in [0.29, 0.717) is 15.5 Å². The van der Waals surface area contributed by atoms with E-state index < -0.39 is 0 Å². The minimum atomic E-state index is -0.274. The van der Waals surface area contributed by atoms with Gasteiger partial charge in [0, 0.05) is 33.9 Å². The van der Waals surface area contributed by atoms with Crippen molar-refractivity contribution in [3.05, 3.63) is 64.8 Å². The zero-order chi connectivity index (χ0) is 16.5. The number of thiazole rings is 1. The van der Waals surface area contributed by atoms with Crippen LogP contribution in [0.2, 0.25) is 5.02 Å². The van der Waals surface area contributed by atoms with Crippen LogP contribution in [0.25, 0.3) is 16.2 Å². The number of benzene rings is 1. The largest absolute Gasteiger partial charge is 0.289 e. The molecule has 0 saturated carbocycles. The number of rotatable bonds is 3. The van der Waals surface area contributed by atoms with E-state index in [9.17, 15) is 4.79 Å². The van der Waals surface area contributed by atoms with E-state index in [-0.39, 0.29) is 11.9 Å². The Labute approximate surface area is 145 Å². The number of anilines is 1. The molecule has 0 atom stereocenters. The molecule has 0 fully saturated rings. The molecule has 0 aliphatic carbocycles. The summed E-state index contributed by atoms with van der Waals surface area (Å²) < 4.78 is 1.70. The number of hydrogen-bond donors (Lipinski definition) is 1. The van der Waals surface area contributed by atoms with E-state index in [4.69, 9.17) is 11.6 Å². The van der Waals surface area contributed by atoms with Gasteiger partial charge in [-0.2, -0.15) is 4.98 Å². The van der Waals surface area contributed by atoms with E-state index >= 15 is 0 Å². The van der Waals surface area contributed by atoms with Crippen LogP contribution in [0.4, 0.5) is 5.95 Å². The SMILES string of the molecule is O=C(Nc1nc2scc(-c3ccc(Cl)cc3)n2n1)c1ccncc1. The minimum absolute atomic E-state index is 0.263. The van der Waals surface area contributed by atoms with Crippen LogP contribution in [0, 0.1) is 0 Å². The lowest BCUT2D eigenvalue weighted by molar-refractivity contribution is 0.102. The molecule has 24 heavy (non-hydrogen) atoms. The maximum absolute atomic E-state index is 12.2. The summed E-state index contributed by atoms with van der Waals surface area (Å²) in [7, 11) is 0. The average Bonchev–Trinajstić information content (AvgIpc) is 3.16. The highest BCUT2D eigenvalue weighted by Gasteiger charge is 2.14. The number of fused-ring (bicyclic) bond motifs is 1. The number of aromatic nitrogens is 4. The minimum Gasteiger partial charge on any atom is -0.289 e. The summed E-state index contributed by atoms with van der Waals surface area (Å²) in [4.78, 5) is 21.1. The number of pyridine rings is 1. The second-order valence-electron chi connectivity index (χ2n) is 4.95. The summed E-state index contributed by atoms with van der Waals surface area (Å²) in [6, 6.07) is 10.7. The molecule has 6 nitrogen and oxygen atoms in total. The van der Waals surface area contributed by atoms with Gasteiger partial charge < -0.3 is 0 Å². The summed E-state index contributed by atoms with van der Waals surface area (Å²) in [6.07, 6.45) is 3.12. The van der Waals surface area contributed by atoms with Gasteiger partial charge >= 0.3 is 0 Å². The summed E-state index contributed by atoms with van der Waals surface area (Å²) in [5.41, 5.74) is 2.37. The van der Waals surface area contributed by atoms with Gasteiger partial charge in [-0.1, -0.05) is 23.7 Å². The van der Waals surface area contributed by atoms with Crippen LogP contribution < -0.4 is 5.32 Å². The standard InChI is InChI=1S/C16H10ClN5OS/c17-12-3-1-10(2-4-12)13-9-24-16-20-15(21-22(13)16)19-14(23)11-5-7-18-8-6-11/h1-9H,(H,19,21,23). The lowest BCUT2D eigenvalue weighted by atomic mass is 10.2. The van der Waals surface area contributed by atoms with Gasteiger partial charge in [0.15, 0.2) is 0 Å². The fraction of sp³-hybridized carbons (Fsp3) is 0. The van der Waals surface area contributed by atoms with Gasteiger partial charge in [-0.05, 0) is 24.3 Å². The summed E-state index contributed by atoms with van der Waals surface area (Å²) in [5, 5.41) is 9.71. The Morgan fingerprint density at radius 3 is 2.62 bits per heavy atom. The third kappa shape index (κ3) is 2.75. The van der Waals surface area contributed by atoms with Gasteiger partial charge in [0.25, 0.3) is 11.9 Å². The molecular weight excluding hydrogens is 346 g/mol. The smallest absolute Gasteiger partial charge is 0.258 e. The monoisotopic (exact) mass is 355 g/mol. The van der Waals surface area contributed by atoms with E-state index in [0.717, 1.165) is 11.3 Å². The lowest BCUT2D eigenvalue weighted by Crippen LogP contribution is -2.13. The molecule has 0 aliphatic heterocycles. The molecule has 4 rings (SSSR count). The first-order chi connectivity index (χ1) is 11.7. The molecule has 1 N–H and O–H groups in total. The highest BCUT2D eigenvalue weighted by Crippen LogP contribution is 2.27. The van der Waals surface area contributed by atoms with E-state index in [1.54, 1.807) is 29.0 Å². The van der Waals surface area contributed by atoms with Crippen molar-refractivity contribution in [3.8, 4) is 11.3 Å². The second-order valence-corrected chi connectivity index (χ2v) is 6.22. The molecule has 0 spiro atoms. The molecule has 3 aromatic heterocycles. The van der Waals surface area contributed by atoms with Crippen molar-refractivity contribution < 1.29 is 4.79 Å². The van der Waals surface area contributed by atoms with Crippen molar-refractivity contribution in [1.82, 2.24) is 19.6 Å². The quantitative estimate of drug-likeness (QED) is 0.607. The second kappa shape index (κ2) is 6.03. The fourth-order valence-electron chi connectivity index (χ4n) is 2.23. The van der Waals surface area contributed by atoms with Gasteiger partial charge in [-0.15, -0.1) is 16.4 Å². The zero-order valence-electron chi connectivity index (χ0n) is 12.2. The number of carbonyl (C=O) groups is 1. The molecule has 0 saturated heterocycles. The van der Waals surface area contributed by atoms with Gasteiger partial charge in [0.2, 0.25) is 4.96 Å². The van der Waals surface area contributed by atoms with Gasteiger partial charge in [0.1, 0.15) is 0 Å². The van der Waals surface area contributed by atoms with E-state index in [1.165, 1.54) is 11.3 Å². The molecule has 118 valence electrons. The third-order valence-corrected chi connectivity index (χ3v) is 4.46. The Kier molecular flexibility index (Phi) is 3.72. The molecule has 4 aromatic rings. The number of hydrogen-bond acceptors (Lipinski definition) is 5. The molecule has 0 aliphatic rings. The van der Waals surface area contributed by atoms with Gasteiger partial charge in [0.05, 0.1) is 5.69 Å². The van der Waals surface area contributed by atoms with Crippen LogP contribution in [-0.2, 0) is 0 Å². The van der Waals surface area contributed by atoms with Crippen molar-refractivity contribution in [2.24, 2.45) is 0 Å². The van der Waals surface area contributed by atoms with Crippen molar-refractivity contribution >= 4 is 39.8 Å². The first-order valence-corrected chi connectivity index (χ1v) is 8.28. The van der Waals surface area contributed by atoms with Crippen molar-refractivity contribution in [2.45, 2.75) is 0 Å². The highest BCUT2D eigenvalue weighted by atomic mass is 35.5. The average molecular weight is 356 g/mol. The van der Waals surface area contributed by atoms with Crippen LogP contribution in [0.5, 0.6) is 0 Å². The molecule has 3 heterocycles. The number of amides is 1. The van der Waals surface area contributed by atoms with Crippen molar-refractivity contribution in [3.63, 3.8) is 0 Å². The molecule has 1 amide bonds. The van der Waals surface area contributed by atoms with E-state index in [1.807, 2.05) is 29.6 Å². The predicted molar refractivity (Wildman–Crippen MR) is 93.5 cm³/mol. The van der Waals surface area contributed by atoms with Crippen molar-refractivity contribution in [1.29, 1.82) is 0 Å². The third-order valence-electron chi connectivity index (χ3n) is 3.39. The van der Waals surface area contributed by atoms with Crippen molar-refractivity contribution in [2.75, 3.05) is 5.32 Å². The molecule has 0 radical (unpaired) electrons. The number of halogens is 1. The fourth-order valence-corrected chi connectivity index (χ4v) is 3.19. The van der Waals surface area contributed by atoms with Crippen LogP contribution >= 0.6 is 22.9 Å². The van der Waals surface area contributed by atoms with E-state index in [2.05, 4.69) is 20.4 Å². The Morgan fingerprint density at radius 2 is 1.88 bits per heavy atom. The Morgan fingerprint density at radius 1 is 1.12 bits per heavy atom. The highest BCUT2D eigenvalue weighted by molar-refractivity contribution is 7.15. The molecule has 8 heteroatoms. The molecule has 0 unspecified atom stereocenters. The number of nitrogens with one attached hydrogen (secondary N) is 1. The van der Waals surface area contributed by atoms with Crippen LogP contribution in [0.1, 0.15) is 10.4 Å². The summed E-state index contributed by atoms with van der Waals surface area (Å²) in [6.45, 7) is 0. The number of carbonyl (C=O) groups excluding carboxylic acids is 1. The Hall–Kier alpha value is -2.77. The topological polar surface area (TPSA) is 72.2 Å². The first-order valence-electron chi connectivity index (χ1n) is 7.02. The Balaban J connectivity index is 1.65. The van der Waals surface area contributed by atoms with Crippen LogP contribution in [0.3, 0.4) is 0 Å². The molecule has 1 aromatic carbocycles. The zero-order valence-corrected chi connectivity index (χ0v) is 13.8. The summed E-state index contributed by atoms with van der Waals surface area (Å²) in [5.74, 6) is -0.0115. The summed E-state index contributed by atoms with van der Waals surface area (Å²) >= 11 is 7.38. The Bertz CT molecular complexity index is 1010. The molecular formula is C16H10ClN5OS. The van der Waals surface area contributed by atoms with Gasteiger partial charge in [-0.3, -0.25) is 15.1 Å². The van der Waals surface area contributed by atoms with Crippen LogP contribution in [-0.4, -0.2) is 25.5 Å². The maximum Gasteiger partial charge on any atom is 0.258 e. The number of nitrogens with zero attached hydrogens (tertiary/aromatic N) is 4.